The minimum absolute atomic E-state index is 0.0157. The van der Waals surface area contributed by atoms with Crippen molar-refractivity contribution in [3.63, 3.8) is 0 Å². The molecule has 22 heavy (non-hydrogen) atoms. The van der Waals surface area contributed by atoms with Gasteiger partial charge >= 0.3 is 25.5 Å². The molecule has 0 bridgehead atoms. The van der Waals surface area contributed by atoms with Crippen LogP contribution in [0.3, 0.4) is 0 Å². The number of hydrogen-bond donors (Lipinski definition) is 0. The molecule has 1 aromatic rings. The van der Waals surface area contributed by atoms with Gasteiger partial charge in [-0.3, -0.25) is 0 Å². The smallest absolute Gasteiger partial charge is 0.206 e. The summed E-state index contributed by atoms with van der Waals surface area (Å²) in [6, 6.07) is 2.70. The number of halogens is 9. The van der Waals surface area contributed by atoms with Crippen LogP contribution in [0.2, 0.25) is 10.0 Å². The van der Waals surface area contributed by atoms with E-state index >= 15 is 0 Å². The maximum atomic E-state index is 13.5. The van der Waals surface area contributed by atoms with E-state index in [9.17, 15) is 34.8 Å². The van der Waals surface area contributed by atoms with Crippen LogP contribution in [0.4, 0.5) is 26.3 Å². The Balaban J connectivity index is 3.27. The van der Waals surface area contributed by atoms with Gasteiger partial charge in [0.1, 0.15) is 0 Å². The van der Waals surface area contributed by atoms with E-state index < -0.39 is 47.2 Å². The van der Waals surface area contributed by atoms with Crippen LogP contribution in [0.25, 0.3) is 0 Å². The van der Waals surface area contributed by atoms with Gasteiger partial charge in [-0.15, -0.1) is 0 Å². The Morgan fingerprint density at radius 1 is 1.00 bits per heavy atom. The summed E-state index contributed by atoms with van der Waals surface area (Å²) in [6.07, 6.45) is 0. The van der Waals surface area contributed by atoms with Gasteiger partial charge in [0.05, 0.1) is 5.02 Å². The Morgan fingerprint density at radius 2 is 1.50 bits per heavy atom. The number of alkyl halides is 6. The Bertz CT molecular complexity index is 680. The van der Waals surface area contributed by atoms with Crippen LogP contribution < -0.4 is 0 Å². The SMILES string of the molecule is O=S(=O)(Cl)C(F)(F)C(F)(F)C(F)(F)Sc1ccc(Cl)cc1Cl. The molecule has 0 radical (unpaired) electrons. The molecular weight excluding hydrogens is 425 g/mol. The summed E-state index contributed by atoms with van der Waals surface area (Å²) in [4.78, 5) is -0.710. The van der Waals surface area contributed by atoms with E-state index in [1.54, 1.807) is 0 Å². The Kier molecular flexibility index (Phi) is 5.57. The second-order valence-electron chi connectivity index (χ2n) is 3.72. The first kappa shape index (κ1) is 20.0. The Morgan fingerprint density at radius 3 is 1.91 bits per heavy atom. The number of hydrogen-bond acceptors (Lipinski definition) is 3. The molecule has 0 aliphatic carbocycles. The lowest BCUT2D eigenvalue weighted by atomic mass is 10.3. The van der Waals surface area contributed by atoms with Crippen molar-refractivity contribution >= 4 is 54.7 Å². The molecule has 0 amide bonds. The fourth-order valence-electron chi connectivity index (χ4n) is 1.08. The summed E-state index contributed by atoms with van der Waals surface area (Å²) in [5.74, 6) is -6.30. The van der Waals surface area contributed by atoms with Crippen LogP contribution in [-0.4, -0.2) is 24.8 Å². The highest BCUT2D eigenvalue weighted by Crippen LogP contribution is 2.56. The van der Waals surface area contributed by atoms with Crippen LogP contribution in [0, 0.1) is 0 Å². The normalized spacial score (nSPS) is 14.2. The molecule has 0 heterocycles. The fourth-order valence-corrected chi connectivity index (χ4v) is 3.22. The zero-order valence-electron chi connectivity index (χ0n) is 9.77. The molecule has 0 aliphatic heterocycles. The van der Waals surface area contributed by atoms with Gasteiger partial charge in [-0.05, 0) is 30.0 Å². The van der Waals surface area contributed by atoms with Gasteiger partial charge in [-0.2, -0.15) is 26.3 Å². The summed E-state index contributed by atoms with van der Waals surface area (Å²) in [5.41, 5.74) is 0. The summed E-state index contributed by atoms with van der Waals surface area (Å²) in [7, 11) is -2.18. The third-order valence-electron chi connectivity index (χ3n) is 2.17. The van der Waals surface area contributed by atoms with Gasteiger partial charge in [-0.25, -0.2) is 8.42 Å². The zero-order valence-corrected chi connectivity index (χ0v) is 13.7. The molecule has 0 unspecified atom stereocenters. The van der Waals surface area contributed by atoms with Crippen molar-refractivity contribution in [2.75, 3.05) is 0 Å². The van der Waals surface area contributed by atoms with Gasteiger partial charge in [0.15, 0.2) is 0 Å². The first-order chi connectivity index (χ1) is 9.63. The molecule has 1 rings (SSSR count). The quantitative estimate of drug-likeness (QED) is 0.355. The highest BCUT2D eigenvalue weighted by Gasteiger charge is 2.77. The Hall–Kier alpha value is -0.0300. The second kappa shape index (κ2) is 6.12. The van der Waals surface area contributed by atoms with Gasteiger partial charge in [-0.1, -0.05) is 23.2 Å². The third-order valence-corrected chi connectivity index (χ3v) is 5.37. The lowest BCUT2D eigenvalue weighted by Gasteiger charge is -2.30. The molecule has 0 saturated carbocycles. The molecule has 2 nitrogen and oxygen atoms in total. The highest BCUT2D eigenvalue weighted by molar-refractivity contribution is 8.14. The predicted molar refractivity (Wildman–Crippen MR) is 71.9 cm³/mol. The fraction of sp³-hybridized carbons (Fsp3) is 0.333. The molecule has 13 heteroatoms. The zero-order chi connectivity index (χ0) is 17.6. The molecule has 0 N–H and O–H groups in total. The van der Waals surface area contributed by atoms with E-state index in [1.807, 2.05) is 0 Å². The van der Waals surface area contributed by atoms with Crippen molar-refractivity contribution in [3.05, 3.63) is 28.2 Å². The topological polar surface area (TPSA) is 34.1 Å². The average molecular weight is 428 g/mol. The van der Waals surface area contributed by atoms with Gasteiger partial charge in [0.2, 0.25) is 0 Å². The van der Waals surface area contributed by atoms with E-state index in [-0.39, 0.29) is 5.02 Å². The summed E-state index contributed by atoms with van der Waals surface area (Å²) < 4.78 is 101. The summed E-state index contributed by atoms with van der Waals surface area (Å²) in [6.45, 7) is 0. The molecule has 0 saturated heterocycles. The van der Waals surface area contributed by atoms with E-state index in [1.165, 1.54) is 0 Å². The molecule has 0 aliphatic rings. The summed E-state index contributed by atoms with van der Waals surface area (Å²) in [5, 5.41) is -12.3. The van der Waals surface area contributed by atoms with Gasteiger partial charge in [0, 0.05) is 20.6 Å². The second-order valence-corrected chi connectivity index (χ2v) is 8.33. The molecule has 0 atom stereocenters. The van der Waals surface area contributed by atoms with E-state index in [4.69, 9.17) is 23.2 Å². The minimum atomic E-state index is -6.31. The highest BCUT2D eigenvalue weighted by atomic mass is 35.7. The monoisotopic (exact) mass is 426 g/mol. The van der Waals surface area contributed by atoms with Crippen LogP contribution in [0.1, 0.15) is 0 Å². The maximum Gasteiger partial charge on any atom is 0.428 e. The largest absolute Gasteiger partial charge is 0.428 e. The van der Waals surface area contributed by atoms with Crippen LogP contribution >= 0.6 is 45.6 Å². The molecule has 0 aromatic heterocycles. The van der Waals surface area contributed by atoms with Crippen molar-refractivity contribution < 1.29 is 34.8 Å². The van der Waals surface area contributed by atoms with Gasteiger partial charge < -0.3 is 0 Å². The first-order valence-corrected chi connectivity index (χ1v) is 8.73. The van der Waals surface area contributed by atoms with E-state index in [0.29, 0.717) is 0 Å². The average Bonchev–Trinajstić information content (AvgIpc) is 2.30. The van der Waals surface area contributed by atoms with Crippen LogP contribution in [0.15, 0.2) is 23.1 Å². The number of benzene rings is 1. The van der Waals surface area contributed by atoms with Crippen molar-refractivity contribution in [1.82, 2.24) is 0 Å². The molecule has 126 valence electrons. The molecule has 0 fully saturated rings. The van der Waals surface area contributed by atoms with Crippen molar-refractivity contribution in [2.45, 2.75) is 21.3 Å². The van der Waals surface area contributed by atoms with Gasteiger partial charge in [0.25, 0.3) is 0 Å². The molecular formula is C9H3Cl3F6O2S2. The molecule has 0 spiro atoms. The van der Waals surface area contributed by atoms with Crippen molar-refractivity contribution in [1.29, 1.82) is 0 Å². The first-order valence-electron chi connectivity index (χ1n) is 4.85. The summed E-state index contributed by atoms with van der Waals surface area (Å²) >= 11 is 9.89. The van der Waals surface area contributed by atoms with Crippen molar-refractivity contribution in [3.8, 4) is 0 Å². The predicted octanol–water partition coefficient (Wildman–Crippen LogP) is 5.48. The Labute approximate surface area is 139 Å². The van der Waals surface area contributed by atoms with E-state index in [0.717, 1.165) is 18.2 Å². The molecule has 1 aromatic carbocycles. The lowest BCUT2D eigenvalue weighted by molar-refractivity contribution is -0.239. The lowest BCUT2D eigenvalue weighted by Crippen LogP contribution is -2.55. The number of rotatable bonds is 5. The number of thioether (sulfide) groups is 1. The third kappa shape index (κ3) is 3.55. The van der Waals surface area contributed by atoms with E-state index in [2.05, 4.69) is 10.7 Å². The standard InChI is InChI=1S/C9H3Cl3F6O2S2/c10-4-1-2-6(5(11)3-4)21-8(15,16)7(13,14)9(17,18)22(12,19)20/h1-3H. The van der Waals surface area contributed by atoms with Crippen LogP contribution in [0.5, 0.6) is 0 Å². The minimum Gasteiger partial charge on any atom is -0.206 e. The van der Waals surface area contributed by atoms with Crippen molar-refractivity contribution in [2.24, 2.45) is 0 Å². The maximum absolute atomic E-state index is 13.5. The van der Waals surface area contributed by atoms with Crippen LogP contribution in [-0.2, 0) is 9.05 Å².